The largest absolute Gasteiger partial charge is 0.394 e. The molecule has 4 nitrogen and oxygen atoms in total. The Morgan fingerprint density at radius 1 is 1.13 bits per heavy atom. The summed E-state index contributed by atoms with van der Waals surface area (Å²) in [4.78, 5) is 2.79. The van der Waals surface area contributed by atoms with E-state index < -0.39 is 9.84 Å². The molecule has 2 aromatic carbocycles. The van der Waals surface area contributed by atoms with Crippen molar-refractivity contribution < 1.29 is 13.5 Å². The molecule has 0 saturated carbocycles. The van der Waals surface area contributed by atoms with Crippen molar-refractivity contribution in [3.8, 4) is 0 Å². The molecule has 0 aromatic heterocycles. The van der Waals surface area contributed by atoms with Gasteiger partial charge >= 0.3 is 0 Å². The van der Waals surface area contributed by atoms with Crippen LogP contribution in [0.1, 0.15) is 18.4 Å². The van der Waals surface area contributed by atoms with E-state index in [0.717, 1.165) is 30.6 Å². The zero-order valence-electron chi connectivity index (χ0n) is 13.1. The Balaban J connectivity index is 1.92. The van der Waals surface area contributed by atoms with Gasteiger partial charge in [0.25, 0.3) is 0 Å². The molecule has 0 bridgehead atoms. The van der Waals surface area contributed by atoms with Crippen LogP contribution in [0.25, 0.3) is 0 Å². The minimum absolute atomic E-state index is 0.128. The first-order valence-electron chi connectivity index (χ1n) is 7.82. The Bertz CT molecular complexity index is 784. The van der Waals surface area contributed by atoms with Crippen LogP contribution < -0.4 is 4.90 Å². The Labute approximate surface area is 137 Å². The van der Waals surface area contributed by atoms with Gasteiger partial charge in [0, 0.05) is 12.2 Å². The summed E-state index contributed by atoms with van der Waals surface area (Å²) in [7, 11) is -3.50. The first kappa shape index (κ1) is 16.0. The van der Waals surface area contributed by atoms with E-state index in [1.165, 1.54) is 0 Å². The van der Waals surface area contributed by atoms with Gasteiger partial charge in [-0.1, -0.05) is 18.2 Å². The fourth-order valence-corrected chi connectivity index (χ4v) is 4.67. The highest BCUT2D eigenvalue weighted by Gasteiger charge is 2.25. The fraction of sp³-hybridized carbons (Fsp3) is 0.333. The SMILES string of the molecule is Cc1ccccc1S(=O)(=O)c1ccc(N2CCCC2CO)cc1. The van der Waals surface area contributed by atoms with E-state index in [2.05, 4.69) is 4.90 Å². The Hall–Kier alpha value is -1.85. The predicted octanol–water partition coefficient (Wildman–Crippen LogP) is 2.79. The smallest absolute Gasteiger partial charge is 0.206 e. The predicted molar refractivity (Wildman–Crippen MR) is 90.5 cm³/mol. The molecule has 1 heterocycles. The molecule has 1 aliphatic rings. The highest BCUT2D eigenvalue weighted by Crippen LogP contribution is 2.29. The standard InChI is InChI=1S/C18H21NO3S/c1-14-5-2-3-7-18(14)23(21,22)17-10-8-15(9-11-17)19-12-4-6-16(19)13-20/h2-3,5,7-11,16,20H,4,6,12-13H2,1H3. The molecule has 1 saturated heterocycles. The lowest BCUT2D eigenvalue weighted by molar-refractivity contribution is 0.266. The van der Waals surface area contributed by atoms with Gasteiger partial charge in [-0.3, -0.25) is 0 Å². The van der Waals surface area contributed by atoms with E-state index >= 15 is 0 Å². The van der Waals surface area contributed by atoms with Crippen LogP contribution in [0, 0.1) is 6.92 Å². The molecule has 1 N–H and O–H groups in total. The van der Waals surface area contributed by atoms with Gasteiger partial charge in [-0.05, 0) is 55.7 Å². The number of aliphatic hydroxyl groups is 1. The molecule has 1 aliphatic heterocycles. The van der Waals surface area contributed by atoms with Gasteiger partial charge in [0.05, 0.1) is 22.4 Å². The van der Waals surface area contributed by atoms with Crippen LogP contribution in [0.15, 0.2) is 58.3 Å². The number of rotatable bonds is 4. The molecule has 0 radical (unpaired) electrons. The fourth-order valence-electron chi connectivity index (χ4n) is 3.17. The van der Waals surface area contributed by atoms with Gasteiger partial charge in [-0.15, -0.1) is 0 Å². The van der Waals surface area contributed by atoms with Gasteiger partial charge in [-0.2, -0.15) is 0 Å². The lowest BCUT2D eigenvalue weighted by atomic mass is 10.2. The molecule has 0 amide bonds. The first-order valence-corrected chi connectivity index (χ1v) is 9.30. The third-order valence-corrected chi connectivity index (χ3v) is 6.38. The van der Waals surface area contributed by atoms with Crippen LogP contribution in [-0.4, -0.2) is 32.7 Å². The summed E-state index contributed by atoms with van der Waals surface area (Å²) in [5.41, 5.74) is 1.71. The van der Waals surface area contributed by atoms with Crippen LogP contribution in [0.3, 0.4) is 0 Å². The van der Waals surface area contributed by atoms with Gasteiger partial charge in [0.15, 0.2) is 0 Å². The maximum absolute atomic E-state index is 12.8. The van der Waals surface area contributed by atoms with Crippen molar-refractivity contribution in [3.05, 3.63) is 54.1 Å². The van der Waals surface area contributed by atoms with Crippen molar-refractivity contribution in [2.45, 2.75) is 35.6 Å². The summed E-state index contributed by atoms with van der Waals surface area (Å²) >= 11 is 0. The van der Waals surface area contributed by atoms with Gasteiger partial charge in [-0.25, -0.2) is 8.42 Å². The number of benzene rings is 2. The number of anilines is 1. The molecule has 122 valence electrons. The minimum atomic E-state index is -3.50. The van der Waals surface area contributed by atoms with Gasteiger partial charge in [0.1, 0.15) is 0 Å². The first-order chi connectivity index (χ1) is 11.0. The second-order valence-electron chi connectivity index (χ2n) is 5.93. The molecule has 3 rings (SSSR count). The second kappa shape index (κ2) is 6.34. The summed E-state index contributed by atoms with van der Waals surface area (Å²) in [6.45, 7) is 2.83. The molecule has 5 heteroatoms. The van der Waals surface area contributed by atoms with Gasteiger partial charge < -0.3 is 10.0 Å². The lowest BCUT2D eigenvalue weighted by Gasteiger charge is -2.25. The number of sulfone groups is 1. The Morgan fingerprint density at radius 3 is 2.48 bits per heavy atom. The van der Waals surface area contributed by atoms with E-state index in [4.69, 9.17) is 0 Å². The van der Waals surface area contributed by atoms with Crippen LogP contribution in [0.4, 0.5) is 5.69 Å². The average molecular weight is 331 g/mol. The molecule has 1 unspecified atom stereocenters. The van der Waals surface area contributed by atoms with Crippen molar-refractivity contribution >= 4 is 15.5 Å². The van der Waals surface area contributed by atoms with Crippen LogP contribution in [-0.2, 0) is 9.84 Å². The van der Waals surface area contributed by atoms with E-state index in [0.29, 0.717) is 9.79 Å². The summed E-state index contributed by atoms with van der Waals surface area (Å²) in [5.74, 6) is 0. The molecule has 1 fully saturated rings. The molecule has 0 spiro atoms. The van der Waals surface area contributed by atoms with Crippen molar-refractivity contribution in [1.29, 1.82) is 0 Å². The maximum Gasteiger partial charge on any atom is 0.206 e. The molecular weight excluding hydrogens is 310 g/mol. The molecule has 1 atom stereocenters. The summed E-state index contributed by atoms with van der Waals surface area (Å²) in [5, 5.41) is 9.42. The van der Waals surface area contributed by atoms with Crippen LogP contribution in [0.2, 0.25) is 0 Å². The zero-order chi connectivity index (χ0) is 16.4. The van der Waals surface area contributed by atoms with Crippen molar-refractivity contribution in [2.24, 2.45) is 0 Å². The lowest BCUT2D eigenvalue weighted by Crippen LogP contribution is -2.31. The highest BCUT2D eigenvalue weighted by atomic mass is 32.2. The quantitative estimate of drug-likeness (QED) is 0.936. The highest BCUT2D eigenvalue weighted by molar-refractivity contribution is 7.91. The zero-order valence-corrected chi connectivity index (χ0v) is 14.0. The van der Waals surface area contributed by atoms with E-state index in [-0.39, 0.29) is 12.6 Å². The summed E-state index contributed by atoms with van der Waals surface area (Å²) in [6.07, 6.45) is 2.02. The molecule has 23 heavy (non-hydrogen) atoms. The number of nitrogens with zero attached hydrogens (tertiary/aromatic N) is 1. The molecular formula is C18H21NO3S. The van der Waals surface area contributed by atoms with Crippen LogP contribution >= 0.6 is 0 Å². The van der Waals surface area contributed by atoms with Crippen LogP contribution in [0.5, 0.6) is 0 Å². The second-order valence-corrected chi connectivity index (χ2v) is 7.85. The third kappa shape index (κ3) is 2.99. The van der Waals surface area contributed by atoms with E-state index in [1.807, 2.05) is 18.2 Å². The Kier molecular flexibility index (Phi) is 4.41. The molecule has 2 aromatic rings. The maximum atomic E-state index is 12.8. The van der Waals surface area contributed by atoms with E-state index in [9.17, 15) is 13.5 Å². The van der Waals surface area contributed by atoms with Crippen molar-refractivity contribution in [3.63, 3.8) is 0 Å². The topological polar surface area (TPSA) is 57.6 Å². The molecule has 0 aliphatic carbocycles. The van der Waals surface area contributed by atoms with Crippen molar-refractivity contribution in [2.75, 3.05) is 18.1 Å². The number of aryl methyl sites for hydroxylation is 1. The summed E-state index contributed by atoms with van der Waals surface area (Å²) in [6, 6.07) is 14.1. The number of hydrogen-bond acceptors (Lipinski definition) is 4. The monoisotopic (exact) mass is 331 g/mol. The average Bonchev–Trinajstić information content (AvgIpc) is 3.04. The summed E-state index contributed by atoms with van der Waals surface area (Å²) < 4.78 is 25.5. The van der Waals surface area contributed by atoms with Gasteiger partial charge in [0.2, 0.25) is 9.84 Å². The Morgan fingerprint density at radius 2 is 1.83 bits per heavy atom. The minimum Gasteiger partial charge on any atom is -0.394 e. The number of aliphatic hydroxyl groups excluding tert-OH is 1. The van der Waals surface area contributed by atoms with E-state index in [1.54, 1.807) is 37.3 Å². The van der Waals surface area contributed by atoms with Crippen molar-refractivity contribution in [1.82, 2.24) is 0 Å². The third-order valence-electron chi connectivity index (χ3n) is 4.45. The normalized spacial score (nSPS) is 18.3. The number of hydrogen-bond donors (Lipinski definition) is 1.